The van der Waals surface area contributed by atoms with E-state index in [-0.39, 0.29) is 40.8 Å². The summed E-state index contributed by atoms with van der Waals surface area (Å²) in [6.45, 7) is 0. The maximum Gasteiger partial charge on any atom is 0.177 e. The molecular formula is H3NdO2P. The molecule has 0 aromatic rings. The number of rotatable bonds is 0. The fourth-order valence-electron chi connectivity index (χ4n) is 0. The number of hydrogen-bond donors (Lipinski definition) is 1. The zero-order valence-corrected chi connectivity index (χ0v) is 6.30. The molecule has 0 radical (unpaired) electrons. The molecule has 1 atom stereocenters. The van der Waals surface area contributed by atoms with Gasteiger partial charge in [0.2, 0.25) is 0 Å². The van der Waals surface area contributed by atoms with Crippen molar-refractivity contribution in [2.75, 3.05) is 0 Å². The summed E-state index contributed by atoms with van der Waals surface area (Å²) in [5.41, 5.74) is 0. The van der Waals surface area contributed by atoms with Gasteiger partial charge in [-0.3, -0.25) is 4.57 Å². The van der Waals surface area contributed by atoms with Crippen LogP contribution in [0.1, 0.15) is 0 Å². The first-order valence-corrected chi connectivity index (χ1v) is 1.48. The van der Waals surface area contributed by atoms with E-state index >= 15 is 0 Å². The molecule has 1 unspecified atom stereocenters. The van der Waals surface area contributed by atoms with Gasteiger partial charge in [0.25, 0.3) is 0 Å². The molecule has 0 aromatic heterocycles. The molecule has 0 fully saturated rings. The summed E-state index contributed by atoms with van der Waals surface area (Å²) in [5, 5.41) is 0. The van der Waals surface area contributed by atoms with Gasteiger partial charge in [-0.05, 0) is 0 Å². The van der Waals surface area contributed by atoms with Crippen molar-refractivity contribution < 1.29 is 50.3 Å². The van der Waals surface area contributed by atoms with Crippen molar-refractivity contribution in [3.05, 3.63) is 0 Å². The molecule has 0 saturated carbocycles. The van der Waals surface area contributed by atoms with Crippen LogP contribution in [0, 0.1) is 40.8 Å². The van der Waals surface area contributed by atoms with Crippen molar-refractivity contribution in [2.24, 2.45) is 0 Å². The Morgan fingerprint density at radius 2 is 1.75 bits per heavy atom. The third-order valence-corrected chi connectivity index (χ3v) is 0. The molecule has 0 heterocycles. The van der Waals surface area contributed by atoms with Gasteiger partial charge < -0.3 is 4.89 Å². The monoisotopic (exact) mass is 208 g/mol. The van der Waals surface area contributed by atoms with Crippen LogP contribution >= 0.6 is 8.69 Å². The van der Waals surface area contributed by atoms with Crippen LogP contribution in [0.5, 0.6) is 0 Å². The van der Waals surface area contributed by atoms with Gasteiger partial charge in [-0.15, -0.1) is 0 Å². The Balaban J connectivity index is 0. The van der Waals surface area contributed by atoms with E-state index in [4.69, 9.17) is 9.46 Å². The average molecular weight is 210 g/mol. The normalized spacial score (nSPS) is 7.25. The summed E-state index contributed by atoms with van der Waals surface area (Å²) in [6.07, 6.45) is 0. The minimum atomic E-state index is -1.50. The second kappa shape index (κ2) is 8.82. The van der Waals surface area contributed by atoms with E-state index in [1.807, 2.05) is 0 Å². The molecule has 0 aromatic carbocycles. The Morgan fingerprint density at radius 3 is 1.75 bits per heavy atom. The maximum absolute atomic E-state index is 8.57. The molecule has 24 valence electrons. The Morgan fingerprint density at radius 1 is 1.75 bits per heavy atom. The van der Waals surface area contributed by atoms with Crippen LogP contribution in [-0.2, 0) is 4.57 Å². The van der Waals surface area contributed by atoms with Crippen molar-refractivity contribution in [3.8, 4) is 0 Å². The topological polar surface area (TPSA) is 37.3 Å². The largest absolute Gasteiger partial charge is 0.348 e. The smallest absolute Gasteiger partial charge is 0.177 e. The van der Waals surface area contributed by atoms with E-state index in [0.29, 0.717) is 0 Å². The molecule has 0 spiro atoms. The average Bonchev–Trinajstić information content (AvgIpc) is 0.918. The molecule has 0 saturated heterocycles. The maximum atomic E-state index is 8.57. The molecular weight excluding hydrogens is 207 g/mol. The zero-order valence-electron chi connectivity index (χ0n) is 1.93. The fraction of sp³-hybridized carbons (Fsp3) is 0. The van der Waals surface area contributed by atoms with Gasteiger partial charge in [0.1, 0.15) is 0 Å². The minimum Gasteiger partial charge on any atom is -0.348 e. The van der Waals surface area contributed by atoms with E-state index in [2.05, 4.69) is 0 Å². The molecule has 2 nitrogen and oxygen atoms in total. The van der Waals surface area contributed by atoms with Crippen molar-refractivity contribution in [1.29, 1.82) is 0 Å². The van der Waals surface area contributed by atoms with Crippen LogP contribution in [-0.4, -0.2) is 4.89 Å². The molecule has 0 amide bonds. The second-order valence-corrected chi connectivity index (χ2v) is 0.316. The van der Waals surface area contributed by atoms with Crippen LogP contribution in [0.15, 0.2) is 0 Å². The first-order valence-electron chi connectivity index (χ1n) is 0.494. The molecule has 0 aliphatic rings. The van der Waals surface area contributed by atoms with E-state index in [1.54, 1.807) is 0 Å². The van der Waals surface area contributed by atoms with Crippen molar-refractivity contribution >= 4 is 8.69 Å². The van der Waals surface area contributed by atoms with Crippen molar-refractivity contribution in [3.63, 3.8) is 0 Å². The second-order valence-electron chi connectivity index (χ2n) is 0.105. The van der Waals surface area contributed by atoms with E-state index in [0.717, 1.165) is 0 Å². The summed E-state index contributed by atoms with van der Waals surface area (Å²) in [4.78, 5) is 7.10. The van der Waals surface area contributed by atoms with Gasteiger partial charge in [-0.2, -0.15) is 0 Å². The third kappa shape index (κ3) is 9.63. The van der Waals surface area contributed by atoms with Crippen LogP contribution in [0.25, 0.3) is 0 Å². The molecule has 0 aliphatic heterocycles. The molecule has 1 N–H and O–H groups in total. The van der Waals surface area contributed by atoms with Gasteiger partial charge in [-0.25, -0.2) is 0 Å². The minimum absolute atomic E-state index is 0. The molecule has 4 heavy (non-hydrogen) atoms. The van der Waals surface area contributed by atoms with Gasteiger partial charge >= 0.3 is 0 Å². The molecule has 0 bridgehead atoms. The molecule has 0 aliphatic carbocycles. The standard InChI is InChI=1S/Nd.H3O2P/c;1-3-2/h;3H2,(H,1,2). The van der Waals surface area contributed by atoms with Crippen LogP contribution in [0.4, 0.5) is 0 Å². The fourth-order valence-corrected chi connectivity index (χ4v) is 0. The predicted molar refractivity (Wildman–Crippen MR) is 12.6 cm³/mol. The van der Waals surface area contributed by atoms with Crippen molar-refractivity contribution in [2.45, 2.75) is 0 Å². The first kappa shape index (κ1) is 9.11. The van der Waals surface area contributed by atoms with E-state index in [9.17, 15) is 0 Å². The number of hydrogen-bond acceptors (Lipinski definition) is 1. The summed E-state index contributed by atoms with van der Waals surface area (Å²) in [7, 11) is -1.50. The zero-order chi connectivity index (χ0) is 2.71. The Labute approximate surface area is 58.4 Å². The van der Waals surface area contributed by atoms with E-state index in [1.165, 1.54) is 0 Å². The quantitative estimate of drug-likeness (QED) is 0.555. The summed E-state index contributed by atoms with van der Waals surface area (Å²) in [6, 6.07) is 0. The van der Waals surface area contributed by atoms with E-state index < -0.39 is 8.69 Å². The Bertz CT molecular complexity index is 13.5. The molecule has 4 heteroatoms. The Hall–Kier alpha value is 1.54. The SMILES string of the molecule is O=[PH2]O.[Nd]. The molecule has 0 rings (SSSR count). The van der Waals surface area contributed by atoms with Gasteiger partial charge in [0, 0.05) is 40.8 Å². The Kier molecular flexibility index (Phi) is 20.1. The predicted octanol–water partition coefficient (Wildman–Crippen LogP) is -0.350. The summed E-state index contributed by atoms with van der Waals surface area (Å²) < 4.78 is 8.57. The van der Waals surface area contributed by atoms with Gasteiger partial charge in [-0.1, -0.05) is 0 Å². The third-order valence-electron chi connectivity index (χ3n) is 0. The first-order chi connectivity index (χ1) is 1.41. The van der Waals surface area contributed by atoms with Crippen molar-refractivity contribution in [1.82, 2.24) is 0 Å². The summed E-state index contributed by atoms with van der Waals surface area (Å²) >= 11 is 0. The van der Waals surface area contributed by atoms with Gasteiger partial charge in [0.05, 0.1) is 0 Å². The van der Waals surface area contributed by atoms with Crippen LogP contribution in [0.3, 0.4) is 0 Å². The van der Waals surface area contributed by atoms with Crippen LogP contribution in [0.2, 0.25) is 0 Å². The van der Waals surface area contributed by atoms with Crippen LogP contribution < -0.4 is 0 Å². The summed E-state index contributed by atoms with van der Waals surface area (Å²) in [5.74, 6) is 0. The van der Waals surface area contributed by atoms with Gasteiger partial charge in [0.15, 0.2) is 8.69 Å².